The Morgan fingerprint density at radius 3 is 2.85 bits per heavy atom. The summed E-state index contributed by atoms with van der Waals surface area (Å²) >= 11 is 0. The topological polar surface area (TPSA) is 70.0 Å². The Morgan fingerprint density at radius 1 is 1.33 bits per heavy atom. The Bertz CT molecular complexity index is 827. The van der Waals surface area contributed by atoms with Gasteiger partial charge in [-0.05, 0) is 42.6 Å². The second kappa shape index (κ2) is 4.03. The van der Waals surface area contributed by atoms with Crippen molar-refractivity contribution in [1.82, 2.24) is 4.90 Å². The maximum Gasteiger partial charge on any atom is 0.302 e. The molecule has 6 saturated carbocycles. The van der Waals surface area contributed by atoms with Crippen LogP contribution in [0.4, 0.5) is 0 Å². The zero-order chi connectivity index (χ0) is 18.7. The zero-order valence-electron chi connectivity index (χ0n) is 16.1. The number of carbonyl (C=O) groups is 1. The van der Waals surface area contributed by atoms with Gasteiger partial charge in [-0.1, -0.05) is 19.9 Å². The Morgan fingerprint density at radius 2 is 2.11 bits per heavy atom. The zero-order valence-corrected chi connectivity index (χ0v) is 16.1. The summed E-state index contributed by atoms with van der Waals surface area (Å²) in [5.74, 6) is 0.654. The molecule has 0 radical (unpaired) electrons. The molecule has 1 unspecified atom stereocenters. The van der Waals surface area contributed by atoms with E-state index in [4.69, 9.17) is 4.74 Å². The minimum absolute atomic E-state index is 0.0144. The van der Waals surface area contributed by atoms with Crippen LogP contribution in [0.1, 0.15) is 46.0 Å². The fourth-order valence-corrected chi connectivity index (χ4v) is 10.9. The number of rotatable bonds is 1. The van der Waals surface area contributed by atoms with Crippen molar-refractivity contribution in [3.8, 4) is 0 Å². The highest BCUT2D eigenvalue weighted by Crippen LogP contribution is 2.89. The van der Waals surface area contributed by atoms with Crippen LogP contribution in [0.5, 0.6) is 0 Å². The molecular weight excluding hydrogens is 342 g/mol. The van der Waals surface area contributed by atoms with E-state index in [0.717, 1.165) is 25.0 Å². The van der Waals surface area contributed by atoms with Crippen molar-refractivity contribution in [2.45, 2.75) is 69.9 Å². The van der Waals surface area contributed by atoms with Crippen LogP contribution in [0.2, 0.25) is 0 Å². The normalized spacial score (nSPS) is 68.7. The number of aliphatic hydroxyl groups is 2. The van der Waals surface area contributed by atoms with E-state index in [1.807, 2.05) is 0 Å². The highest BCUT2D eigenvalue weighted by atomic mass is 16.5. The summed E-state index contributed by atoms with van der Waals surface area (Å²) in [5.41, 5.74) is -0.180. The van der Waals surface area contributed by atoms with E-state index < -0.39 is 11.8 Å². The number of esters is 1. The van der Waals surface area contributed by atoms with Gasteiger partial charge in [0.25, 0.3) is 0 Å². The summed E-state index contributed by atoms with van der Waals surface area (Å²) in [6, 6.07) is 0.338. The van der Waals surface area contributed by atoms with Crippen molar-refractivity contribution in [3.05, 3.63) is 12.2 Å². The molecule has 12 atom stereocenters. The average Bonchev–Trinajstić information content (AvgIpc) is 2.94. The Labute approximate surface area is 159 Å². The minimum Gasteiger partial charge on any atom is -0.462 e. The maximum atomic E-state index is 12.0. The predicted octanol–water partition coefficient (Wildman–Crippen LogP) is 1.68. The molecule has 27 heavy (non-hydrogen) atoms. The summed E-state index contributed by atoms with van der Waals surface area (Å²) in [5, 5.41) is 23.4. The number of piperidine rings is 2. The van der Waals surface area contributed by atoms with Crippen LogP contribution in [0, 0.1) is 39.9 Å². The van der Waals surface area contributed by atoms with Crippen LogP contribution in [0.3, 0.4) is 0 Å². The molecule has 0 aromatic rings. The molecular formula is C22H29NO4. The van der Waals surface area contributed by atoms with Crippen LogP contribution < -0.4 is 0 Å². The summed E-state index contributed by atoms with van der Waals surface area (Å²) in [6.45, 7) is 9.11. The van der Waals surface area contributed by atoms with Crippen LogP contribution in [0.15, 0.2) is 12.2 Å². The Kier molecular flexibility index (Phi) is 2.38. The van der Waals surface area contributed by atoms with Gasteiger partial charge in [-0.2, -0.15) is 0 Å². The number of carbonyl (C=O) groups excluding carboxylic acids is 1. The third kappa shape index (κ3) is 1.23. The molecule has 2 spiro atoms. The summed E-state index contributed by atoms with van der Waals surface area (Å²) in [6.07, 6.45) is 4.29. The first-order valence-corrected chi connectivity index (χ1v) is 10.7. The number of hydrogen-bond acceptors (Lipinski definition) is 5. The second-order valence-corrected chi connectivity index (χ2v) is 11.3. The van der Waals surface area contributed by atoms with E-state index in [1.165, 1.54) is 19.8 Å². The largest absolute Gasteiger partial charge is 0.462 e. The van der Waals surface area contributed by atoms with Crippen molar-refractivity contribution < 1.29 is 19.7 Å². The van der Waals surface area contributed by atoms with Crippen molar-refractivity contribution in [1.29, 1.82) is 0 Å². The van der Waals surface area contributed by atoms with E-state index in [9.17, 15) is 15.0 Å². The van der Waals surface area contributed by atoms with Gasteiger partial charge in [0.05, 0.1) is 6.10 Å². The van der Waals surface area contributed by atoms with Gasteiger partial charge in [-0.25, -0.2) is 0 Å². The van der Waals surface area contributed by atoms with Crippen molar-refractivity contribution >= 4 is 5.97 Å². The first-order chi connectivity index (χ1) is 12.7. The van der Waals surface area contributed by atoms with Crippen LogP contribution >= 0.6 is 0 Å². The van der Waals surface area contributed by atoms with Gasteiger partial charge < -0.3 is 14.9 Å². The van der Waals surface area contributed by atoms with Crippen LogP contribution in [-0.4, -0.2) is 51.6 Å². The minimum atomic E-state index is -0.793. The monoisotopic (exact) mass is 371 g/mol. The van der Waals surface area contributed by atoms with E-state index in [1.54, 1.807) is 0 Å². The molecule has 5 heteroatoms. The van der Waals surface area contributed by atoms with Gasteiger partial charge in [0.1, 0.15) is 11.8 Å². The fraction of sp³-hybridized carbons (Fsp3) is 0.864. The Balaban J connectivity index is 1.52. The van der Waals surface area contributed by atoms with E-state index in [-0.39, 0.29) is 46.1 Å². The molecule has 3 saturated heterocycles. The molecule has 9 fully saturated rings. The van der Waals surface area contributed by atoms with Crippen molar-refractivity contribution in [3.63, 3.8) is 0 Å². The van der Waals surface area contributed by atoms with Crippen molar-refractivity contribution in [2.75, 3.05) is 6.54 Å². The number of aliphatic hydroxyl groups excluding tert-OH is 1. The summed E-state index contributed by atoms with van der Waals surface area (Å²) < 4.78 is 6.02. The van der Waals surface area contributed by atoms with Gasteiger partial charge in [0, 0.05) is 48.1 Å². The fourth-order valence-electron chi connectivity index (χ4n) is 10.9. The lowest BCUT2D eigenvalue weighted by molar-refractivity contribution is -0.274. The molecule has 3 aliphatic heterocycles. The number of nitrogens with zero attached hydrogens (tertiary/aromatic N) is 1. The third-order valence-electron chi connectivity index (χ3n) is 10.6. The van der Waals surface area contributed by atoms with Gasteiger partial charge >= 0.3 is 5.97 Å². The molecule has 0 aromatic heterocycles. The van der Waals surface area contributed by atoms with E-state index >= 15 is 0 Å². The average molecular weight is 371 g/mol. The molecule has 5 nitrogen and oxygen atoms in total. The van der Waals surface area contributed by atoms with Crippen molar-refractivity contribution in [2.24, 2.45) is 39.9 Å². The van der Waals surface area contributed by atoms with E-state index in [0.29, 0.717) is 18.4 Å². The molecule has 9 bridgehead atoms. The molecule has 9 aliphatic rings. The maximum absolute atomic E-state index is 12.0. The molecule has 6 aliphatic carbocycles. The quantitative estimate of drug-likeness (QED) is 0.542. The van der Waals surface area contributed by atoms with E-state index in [2.05, 4.69) is 18.4 Å². The molecule has 0 aromatic carbocycles. The van der Waals surface area contributed by atoms with Gasteiger partial charge in [-0.15, -0.1) is 0 Å². The lowest BCUT2D eigenvalue weighted by Crippen LogP contribution is -2.72. The van der Waals surface area contributed by atoms with Crippen LogP contribution in [0.25, 0.3) is 0 Å². The number of hydrogen-bond donors (Lipinski definition) is 2. The lowest BCUT2D eigenvalue weighted by atomic mass is 9.39. The number of ether oxygens (including phenoxy) is 1. The van der Waals surface area contributed by atoms with Gasteiger partial charge in [0.2, 0.25) is 0 Å². The predicted molar refractivity (Wildman–Crippen MR) is 96.2 cm³/mol. The standard InChI is InChI=1S/C22H29NO4/c1-10-12-7-13-16-20-6-4-5-19(3)9-23(16)22(26,18(19)20)8-21(13,17(10)25)15(20)14(12)27-11(2)24/h12-18,25-26H,1,4-9H2,2-3H3/t12-,13-,14+,15+,16-,17-,18-,19+,20+,21-,22-/m1/s1. The third-order valence-corrected chi connectivity index (χ3v) is 10.6. The Hall–Kier alpha value is -0.910. The first kappa shape index (κ1) is 15.9. The summed E-state index contributed by atoms with van der Waals surface area (Å²) in [4.78, 5) is 14.5. The molecule has 2 N–H and O–H groups in total. The van der Waals surface area contributed by atoms with Gasteiger partial charge in [0.15, 0.2) is 0 Å². The highest BCUT2D eigenvalue weighted by molar-refractivity contribution is 5.66. The molecule has 0 amide bonds. The van der Waals surface area contributed by atoms with Crippen LogP contribution in [-0.2, 0) is 9.53 Å². The molecule has 3 heterocycles. The van der Waals surface area contributed by atoms with Gasteiger partial charge in [-0.3, -0.25) is 9.69 Å². The summed E-state index contributed by atoms with van der Waals surface area (Å²) in [7, 11) is 0. The second-order valence-electron chi connectivity index (χ2n) is 11.3. The smallest absolute Gasteiger partial charge is 0.302 e. The molecule has 9 rings (SSSR count). The molecule has 146 valence electrons. The first-order valence-electron chi connectivity index (χ1n) is 10.7. The SMILES string of the molecule is C=C1[C@H]2C[C@@H]3[C@H]4N5C[C@]6(C)CCC[C@]47[C@H]([C@H]2OC(C)=O)[C@]3(C[C@@]5(O)[C@H]67)[C@@H]1O. The number of fused-ring (bicyclic) bond motifs is 1. The highest BCUT2D eigenvalue weighted by Gasteiger charge is 2.93. The lowest BCUT2D eigenvalue weighted by Gasteiger charge is -2.67.